The Kier molecular flexibility index (Phi) is 2.20. The molecule has 0 saturated heterocycles. The van der Waals surface area contributed by atoms with E-state index in [2.05, 4.69) is 0 Å². The molecule has 1 aliphatic rings. The van der Waals surface area contributed by atoms with E-state index in [1.807, 2.05) is 32.0 Å². The van der Waals surface area contributed by atoms with E-state index in [1.165, 1.54) is 0 Å². The molecule has 1 unspecified atom stereocenters. The van der Waals surface area contributed by atoms with Crippen LogP contribution in [0.5, 0.6) is 0 Å². The predicted molar refractivity (Wildman–Crippen MR) is 54.4 cm³/mol. The minimum absolute atomic E-state index is 0.380. The van der Waals surface area contributed by atoms with Crippen molar-refractivity contribution in [3.05, 3.63) is 34.4 Å². The van der Waals surface area contributed by atoms with Crippen molar-refractivity contribution in [1.29, 1.82) is 5.26 Å². The number of nitrogens with zero attached hydrogens (tertiary/aromatic N) is 1. The number of hydrogen-bond donors (Lipinski definition) is 0. The monoisotopic (exact) mass is 201 g/mol. The molecule has 1 aliphatic heterocycles. The summed E-state index contributed by atoms with van der Waals surface area (Å²) in [6.45, 7) is 3.90. The van der Waals surface area contributed by atoms with Crippen LogP contribution in [0.25, 0.3) is 0 Å². The average Bonchev–Trinajstić information content (AvgIpc) is 2.19. The number of aryl methyl sites for hydroxylation is 2. The van der Waals surface area contributed by atoms with E-state index < -0.39 is 6.10 Å². The molecule has 76 valence electrons. The molecule has 0 aromatic heterocycles. The van der Waals surface area contributed by atoms with Gasteiger partial charge in [0.1, 0.15) is 6.07 Å². The molecule has 3 heteroatoms. The van der Waals surface area contributed by atoms with Gasteiger partial charge >= 0.3 is 5.97 Å². The van der Waals surface area contributed by atoms with Gasteiger partial charge in [-0.2, -0.15) is 5.26 Å². The lowest BCUT2D eigenvalue weighted by atomic mass is 9.93. The summed E-state index contributed by atoms with van der Waals surface area (Å²) in [5, 5.41) is 8.75. The first kappa shape index (κ1) is 9.72. The van der Waals surface area contributed by atoms with Crippen LogP contribution in [0.4, 0.5) is 0 Å². The van der Waals surface area contributed by atoms with E-state index in [0.717, 1.165) is 16.7 Å². The van der Waals surface area contributed by atoms with Crippen molar-refractivity contribution >= 4 is 5.97 Å². The van der Waals surface area contributed by atoms with E-state index >= 15 is 0 Å². The van der Waals surface area contributed by atoms with E-state index in [9.17, 15) is 4.79 Å². The second-order valence-electron chi connectivity index (χ2n) is 3.84. The predicted octanol–water partition coefficient (Wildman–Crippen LogP) is 1.91. The normalized spacial score (nSPS) is 19.0. The summed E-state index contributed by atoms with van der Waals surface area (Å²) in [6, 6.07) is 5.81. The molecule has 0 fully saturated rings. The highest BCUT2D eigenvalue weighted by Crippen LogP contribution is 2.24. The molecule has 0 spiro atoms. The molecule has 15 heavy (non-hydrogen) atoms. The van der Waals surface area contributed by atoms with Gasteiger partial charge in [-0.05, 0) is 36.6 Å². The third-order valence-electron chi connectivity index (χ3n) is 2.62. The van der Waals surface area contributed by atoms with Crippen LogP contribution in [0.1, 0.15) is 27.0 Å². The molecule has 0 bridgehead atoms. The Labute approximate surface area is 88.3 Å². The quantitative estimate of drug-likeness (QED) is 0.602. The van der Waals surface area contributed by atoms with Crippen molar-refractivity contribution in [2.75, 3.05) is 0 Å². The number of esters is 1. The summed E-state index contributed by atoms with van der Waals surface area (Å²) in [5.74, 6) is -0.380. The topological polar surface area (TPSA) is 50.1 Å². The van der Waals surface area contributed by atoms with E-state index in [1.54, 1.807) is 0 Å². The van der Waals surface area contributed by atoms with Gasteiger partial charge in [-0.25, -0.2) is 4.79 Å². The Balaban J connectivity index is 2.56. The molecule has 0 amide bonds. The number of carbonyl (C=O) groups is 1. The fraction of sp³-hybridized carbons (Fsp3) is 0.333. The van der Waals surface area contributed by atoms with E-state index in [0.29, 0.717) is 12.0 Å². The maximum absolute atomic E-state index is 11.6. The van der Waals surface area contributed by atoms with Gasteiger partial charge in [0.25, 0.3) is 0 Å². The lowest BCUT2D eigenvalue weighted by Gasteiger charge is -2.21. The first-order valence-corrected chi connectivity index (χ1v) is 4.82. The van der Waals surface area contributed by atoms with Crippen LogP contribution >= 0.6 is 0 Å². The summed E-state index contributed by atoms with van der Waals surface area (Å²) in [4.78, 5) is 11.6. The van der Waals surface area contributed by atoms with Gasteiger partial charge in [0, 0.05) is 6.42 Å². The summed E-state index contributed by atoms with van der Waals surface area (Å²) >= 11 is 0. The third kappa shape index (κ3) is 1.59. The van der Waals surface area contributed by atoms with Crippen molar-refractivity contribution in [2.45, 2.75) is 26.4 Å². The van der Waals surface area contributed by atoms with Gasteiger partial charge in [0.15, 0.2) is 6.10 Å². The SMILES string of the molecule is Cc1cc(C)c2c(c1)C(=O)OC(C#N)C2. The van der Waals surface area contributed by atoms with Crippen LogP contribution in [0, 0.1) is 25.2 Å². The number of fused-ring (bicyclic) bond motifs is 1. The zero-order valence-corrected chi connectivity index (χ0v) is 8.70. The molecule has 0 saturated carbocycles. The average molecular weight is 201 g/mol. The van der Waals surface area contributed by atoms with Crippen LogP contribution < -0.4 is 0 Å². The number of nitriles is 1. The van der Waals surface area contributed by atoms with Crippen molar-refractivity contribution < 1.29 is 9.53 Å². The molecule has 1 aromatic carbocycles. The van der Waals surface area contributed by atoms with Gasteiger partial charge in [-0.15, -0.1) is 0 Å². The van der Waals surface area contributed by atoms with E-state index in [4.69, 9.17) is 10.00 Å². The van der Waals surface area contributed by atoms with Crippen molar-refractivity contribution in [3.8, 4) is 6.07 Å². The fourth-order valence-corrected chi connectivity index (χ4v) is 1.94. The first-order valence-electron chi connectivity index (χ1n) is 4.82. The molecular weight excluding hydrogens is 190 g/mol. The Bertz CT molecular complexity index is 471. The van der Waals surface area contributed by atoms with Crippen LogP contribution in [-0.2, 0) is 11.2 Å². The summed E-state index contributed by atoms with van der Waals surface area (Å²) in [5.41, 5.74) is 3.66. The lowest BCUT2D eigenvalue weighted by Crippen LogP contribution is -2.27. The van der Waals surface area contributed by atoms with Crippen LogP contribution in [-0.4, -0.2) is 12.1 Å². The maximum atomic E-state index is 11.6. The molecular formula is C12H11NO2. The zero-order valence-electron chi connectivity index (χ0n) is 8.70. The highest BCUT2D eigenvalue weighted by molar-refractivity contribution is 5.93. The van der Waals surface area contributed by atoms with Crippen LogP contribution in [0.3, 0.4) is 0 Å². The standard InChI is InChI=1S/C12H11NO2/c1-7-3-8(2)10-5-9(6-13)15-12(14)11(10)4-7/h3-4,9H,5H2,1-2H3. The molecule has 0 radical (unpaired) electrons. The molecule has 0 aliphatic carbocycles. The second kappa shape index (κ2) is 3.39. The van der Waals surface area contributed by atoms with Gasteiger partial charge < -0.3 is 4.74 Å². The van der Waals surface area contributed by atoms with Gasteiger partial charge in [-0.3, -0.25) is 0 Å². The smallest absolute Gasteiger partial charge is 0.339 e. The Hall–Kier alpha value is -1.82. The largest absolute Gasteiger partial charge is 0.443 e. The van der Waals surface area contributed by atoms with E-state index in [-0.39, 0.29) is 5.97 Å². The Morgan fingerprint density at radius 1 is 1.47 bits per heavy atom. The number of hydrogen-bond acceptors (Lipinski definition) is 3. The highest BCUT2D eigenvalue weighted by Gasteiger charge is 2.27. The zero-order chi connectivity index (χ0) is 11.0. The van der Waals surface area contributed by atoms with Crippen LogP contribution in [0.15, 0.2) is 12.1 Å². The summed E-state index contributed by atoms with van der Waals surface area (Å²) < 4.78 is 4.97. The Morgan fingerprint density at radius 3 is 2.87 bits per heavy atom. The second-order valence-corrected chi connectivity index (χ2v) is 3.84. The minimum atomic E-state index is -0.633. The number of cyclic esters (lactones) is 1. The molecule has 0 N–H and O–H groups in total. The molecule has 3 nitrogen and oxygen atoms in total. The number of ether oxygens (including phenoxy) is 1. The van der Waals surface area contributed by atoms with Gasteiger partial charge in [0.2, 0.25) is 0 Å². The minimum Gasteiger partial charge on any atom is -0.443 e. The number of benzene rings is 1. The number of carbonyl (C=O) groups excluding carboxylic acids is 1. The fourth-order valence-electron chi connectivity index (χ4n) is 1.94. The molecule has 1 aromatic rings. The van der Waals surface area contributed by atoms with Crippen molar-refractivity contribution in [3.63, 3.8) is 0 Å². The van der Waals surface area contributed by atoms with Crippen molar-refractivity contribution in [1.82, 2.24) is 0 Å². The molecule has 1 atom stereocenters. The highest BCUT2D eigenvalue weighted by atomic mass is 16.5. The van der Waals surface area contributed by atoms with Crippen LogP contribution in [0.2, 0.25) is 0 Å². The van der Waals surface area contributed by atoms with Gasteiger partial charge in [-0.1, -0.05) is 6.07 Å². The van der Waals surface area contributed by atoms with Crippen molar-refractivity contribution in [2.24, 2.45) is 0 Å². The summed E-state index contributed by atoms with van der Waals surface area (Å²) in [7, 11) is 0. The lowest BCUT2D eigenvalue weighted by molar-refractivity contribution is 0.0370. The molecule has 2 rings (SSSR count). The summed E-state index contributed by atoms with van der Waals surface area (Å²) in [6.07, 6.45) is -0.129. The Morgan fingerprint density at radius 2 is 2.20 bits per heavy atom. The molecule has 1 heterocycles. The first-order chi connectivity index (χ1) is 7.11. The number of rotatable bonds is 0. The maximum Gasteiger partial charge on any atom is 0.339 e. The third-order valence-corrected chi connectivity index (χ3v) is 2.62. The van der Waals surface area contributed by atoms with Gasteiger partial charge in [0.05, 0.1) is 5.56 Å².